The van der Waals surface area contributed by atoms with E-state index >= 15 is 0 Å². The number of ether oxygens (including phenoxy) is 1. The molecule has 1 aliphatic rings. The number of nitrogens with zero attached hydrogens (tertiary/aromatic N) is 1. The third-order valence-electron chi connectivity index (χ3n) is 3.18. The summed E-state index contributed by atoms with van der Waals surface area (Å²) in [4.78, 5) is 4.19. The van der Waals surface area contributed by atoms with Crippen LogP contribution in [0.2, 0.25) is 0 Å². The Labute approximate surface area is 104 Å². The van der Waals surface area contributed by atoms with Crippen LogP contribution in [0.25, 0.3) is 0 Å². The van der Waals surface area contributed by atoms with Crippen molar-refractivity contribution < 1.29 is 4.74 Å². The van der Waals surface area contributed by atoms with E-state index in [0.717, 1.165) is 26.1 Å². The molecule has 0 spiro atoms. The summed E-state index contributed by atoms with van der Waals surface area (Å²) >= 11 is 0. The first kappa shape index (κ1) is 12.5. The van der Waals surface area contributed by atoms with E-state index in [9.17, 15) is 0 Å². The molecule has 0 saturated carbocycles. The van der Waals surface area contributed by atoms with Crippen molar-refractivity contribution in [3.8, 4) is 0 Å². The van der Waals surface area contributed by atoms with Crippen LogP contribution in [0.15, 0.2) is 18.5 Å². The predicted molar refractivity (Wildman–Crippen MR) is 68.9 cm³/mol. The zero-order valence-electron chi connectivity index (χ0n) is 10.6. The van der Waals surface area contributed by atoms with Gasteiger partial charge in [0, 0.05) is 25.5 Å². The van der Waals surface area contributed by atoms with Crippen LogP contribution >= 0.6 is 0 Å². The molecule has 0 bridgehead atoms. The topological polar surface area (TPSA) is 34.2 Å². The van der Waals surface area contributed by atoms with Crippen LogP contribution in [0.4, 0.5) is 0 Å². The van der Waals surface area contributed by atoms with E-state index in [-0.39, 0.29) is 0 Å². The molecule has 1 N–H and O–H groups in total. The van der Waals surface area contributed by atoms with Crippen LogP contribution in [0.3, 0.4) is 0 Å². The van der Waals surface area contributed by atoms with E-state index in [0.29, 0.717) is 6.10 Å². The van der Waals surface area contributed by atoms with Gasteiger partial charge >= 0.3 is 0 Å². The van der Waals surface area contributed by atoms with E-state index < -0.39 is 0 Å². The summed E-state index contributed by atoms with van der Waals surface area (Å²) in [6.45, 7) is 4.96. The number of rotatable bonds is 5. The van der Waals surface area contributed by atoms with Crippen molar-refractivity contribution in [1.29, 1.82) is 0 Å². The molecule has 0 aromatic carbocycles. The van der Waals surface area contributed by atoms with E-state index in [1.54, 1.807) is 0 Å². The van der Waals surface area contributed by atoms with Gasteiger partial charge in [0.05, 0.1) is 6.10 Å². The largest absolute Gasteiger partial charge is 0.378 e. The van der Waals surface area contributed by atoms with Crippen molar-refractivity contribution in [3.05, 3.63) is 29.6 Å². The average Bonchev–Trinajstić information content (AvgIpc) is 2.36. The maximum Gasteiger partial charge on any atom is 0.0587 e. The fourth-order valence-electron chi connectivity index (χ4n) is 2.25. The van der Waals surface area contributed by atoms with E-state index in [4.69, 9.17) is 4.74 Å². The molecule has 3 heteroatoms. The van der Waals surface area contributed by atoms with Gasteiger partial charge in [0.15, 0.2) is 0 Å². The van der Waals surface area contributed by atoms with Gasteiger partial charge in [-0.1, -0.05) is 6.07 Å². The number of nitrogens with one attached hydrogen (secondary N) is 1. The Morgan fingerprint density at radius 3 is 3.12 bits per heavy atom. The lowest BCUT2D eigenvalue weighted by atomic mass is 10.1. The van der Waals surface area contributed by atoms with Gasteiger partial charge in [-0.2, -0.15) is 0 Å². The third-order valence-corrected chi connectivity index (χ3v) is 3.18. The minimum absolute atomic E-state index is 0.479. The molecule has 94 valence electrons. The van der Waals surface area contributed by atoms with Gasteiger partial charge in [-0.15, -0.1) is 0 Å². The minimum atomic E-state index is 0.479. The average molecular weight is 234 g/mol. The third kappa shape index (κ3) is 4.44. The summed E-state index contributed by atoms with van der Waals surface area (Å²) in [5.74, 6) is 0. The van der Waals surface area contributed by atoms with Crippen molar-refractivity contribution in [2.45, 2.75) is 45.3 Å². The van der Waals surface area contributed by atoms with Gasteiger partial charge in [-0.05, 0) is 50.3 Å². The molecule has 0 amide bonds. The molecule has 2 rings (SSSR count). The lowest BCUT2D eigenvalue weighted by molar-refractivity contribution is 0.0115. The summed E-state index contributed by atoms with van der Waals surface area (Å²) in [5, 5.41) is 3.46. The zero-order chi connectivity index (χ0) is 11.9. The van der Waals surface area contributed by atoms with Crippen LogP contribution in [0, 0.1) is 6.92 Å². The molecule has 17 heavy (non-hydrogen) atoms. The molecule has 1 aliphatic heterocycles. The number of hydrogen-bond donors (Lipinski definition) is 1. The quantitative estimate of drug-likeness (QED) is 0.795. The second-order valence-electron chi connectivity index (χ2n) is 4.82. The molecule has 1 aromatic rings. The van der Waals surface area contributed by atoms with Crippen molar-refractivity contribution in [2.75, 3.05) is 13.2 Å². The number of aryl methyl sites for hydroxylation is 1. The molecular formula is C14H22N2O. The Bertz CT molecular complexity index is 335. The molecule has 0 aliphatic carbocycles. The van der Waals surface area contributed by atoms with Crippen molar-refractivity contribution >= 4 is 0 Å². The Hall–Kier alpha value is -0.930. The molecule has 2 heterocycles. The number of aromatic nitrogens is 1. The van der Waals surface area contributed by atoms with Gasteiger partial charge in [0.1, 0.15) is 0 Å². The second kappa shape index (κ2) is 6.72. The zero-order valence-corrected chi connectivity index (χ0v) is 10.6. The lowest BCUT2D eigenvalue weighted by Crippen LogP contribution is -2.25. The molecule has 0 radical (unpaired) electrons. The van der Waals surface area contributed by atoms with E-state index in [1.807, 2.05) is 12.4 Å². The van der Waals surface area contributed by atoms with Gasteiger partial charge in [-0.3, -0.25) is 4.98 Å². The predicted octanol–water partition coefficient (Wildman–Crippen LogP) is 2.44. The van der Waals surface area contributed by atoms with Crippen molar-refractivity contribution in [1.82, 2.24) is 10.3 Å². The first-order valence-corrected chi connectivity index (χ1v) is 6.57. The second-order valence-corrected chi connectivity index (χ2v) is 4.82. The first-order chi connectivity index (χ1) is 8.34. The first-order valence-electron chi connectivity index (χ1n) is 6.57. The molecule has 1 atom stereocenters. The molecular weight excluding hydrogens is 212 g/mol. The van der Waals surface area contributed by atoms with Crippen molar-refractivity contribution in [2.24, 2.45) is 0 Å². The molecule has 1 unspecified atom stereocenters. The van der Waals surface area contributed by atoms with Crippen LogP contribution in [-0.4, -0.2) is 24.2 Å². The SMILES string of the molecule is Cc1cncc(CNCCC2CCCCO2)c1. The summed E-state index contributed by atoms with van der Waals surface area (Å²) < 4.78 is 5.70. The molecule has 3 nitrogen and oxygen atoms in total. The van der Waals surface area contributed by atoms with Gasteiger partial charge in [0.2, 0.25) is 0 Å². The maximum absolute atomic E-state index is 5.70. The summed E-state index contributed by atoms with van der Waals surface area (Å²) in [6, 6.07) is 2.18. The Kier molecular flexibility index (Phi) is 4.95. The monoisotopic (exact) mass is 234 g/mol. The molecule has 1 saturated heterocycles. The standard InChI is InChI=1S/C14H22N2O/c1-12-8-13(11-16-9-12)10-15-6-5-14-4-2-3-7-17-14/h8-9,11,14-15H,2-7,10H2,1H3. The van der Waals surface area contributed by atoms with Gasteiger partial charge in [-0.25, -0.2) is 0 Å². The maximum atomic E-state index is 5.70. The Balaban J connectivity index is 1.62. The van der Waals surface area contributed by atoms with Gasteiger partial charge < -0.3 is 10.1 Å². The van der Waals surface area contributed by atoms with Crippen LogP contribution in [-0.2, 0) is 11.3 Å². The van der Waals surface area contributed by atoms with Crippen LogP contribution < -0.4 is 5.32 Å². The highest BCUT2D eigenvalue weighted by Gasteiger charge is 2.12. The molecule has 1 fully saturated rings. The smallest absolute Gasteiger partial charge is 0.0587 e. The van der Waals surface area contributed by atoms with E-state index in [2.05, 4.69) is 23.3 Å². The Morgan fingerprint density at radius 2 is 2.35 bits per heavy atom. The van der Waals surface area contributed by atoms with E-state index in [1.165, 1.54) is 30.4 Å². The fraction of sp³-hybridized carbons (Fsp3) is 0.643. The summed E-state index contributed by atoms with van der Waals surface area (Å²) in [5.41, 5.74) is 2.48. The normalized spacial score (nSPS) is 20.4. The van der Waals surface area contributed by atoms with Gasteiger partial charge in [0.25, 0.3) is 0 Å². The van der Waals surface area contributed by atoms with Crippen LogP contribution in [0.5, 0.6) is 0 Å². The van der Waals surface area contributed by atoms with Crippen molar-refractivity contribution in [3.63, 3.8) is 0 Å². The summed E-state index contributed by atoms with van der Waals surface area (Å²) in [6.07, 6.45) is 9.21. The fourth-order valence-corrected chi connectivity index (χ4v) is 2.25. The summed E-state index contributed by atoms with van der Waals surface area (Å²) in [7, 11) is 0. The number of pyridine rings is 1. The molecule has 1 aromatic heterocycles. The Morgan fingerprint density at radius 1 is 1.41 bits per heavy atom. The number of hydrogen-bond acceptors (Lipinski definition) is 3. The highest BCUT2D eigenvalue weighted by Crippen LogP contribution is 2.14. The lowest BCUT2D eigenvalue weighted by Gasteiger charge is -2.22. The highest BCUT2D eigenvalue weighted by molar-refractivity contribution is 5.16. The minimum Gasteiger partial charge on any atom is -0.378 e. The van der Waals surface area contributed by atoms with Crippen LogP contribution in [0.1, 0.15) is 36.8 Å². The highest BCUT2D eigenvalue weighted by atomic mass is 16.5.